The molecule has 18 heavy (non-hydrogen) atoms. The molecule has 1 fully saturated rings. The fraction of sp³-hybridized carbons (Fsp3) is 0.429. The van der Waals surface area contributed by atoms with E-state index in [1.54, 1.807) is 18.2 Å². The lowest BCUT2D eigenvalue weighted by atomic mass is 9.93. The summed E-state index contributed by atoms with van der Waals surface area (Å²) in [6, 6.07) is 9.16. The van der Waals surface area contributed by atoms with Crippen LogP contribution < -0.4 is 10.6 Å². The first kappa shape index (κ1) is 12.6. The molecular weight excluding hydrogens is 226 g/mol. The van der Waals surface area contributed by atoms with Gasteiger partial charge in [-0.2, -0.15) is 5.26 Å². The van der Waals surface area contributed by atoms with Gasteiger partial charge in [0.2, 0.25) is 5.91 Å². The number of benzene rings is 1. The quantitative estimate of drug-likeness (QED) is 0.853. The predicted molar refractivity (Wildman–Crippen MR) is 70.0 cm³/mol. The lowest BCUT2D eigenvalue weighted by Crippen LogP contribution is -2.50. The first-order valence-corrected chi connectivity index (χ1v) is 6.27. The van der Waals surface area contributed by atoms with Crippen LogP contribution in [0, 0.1) is 11.3 Å². The molecule has 1 aliphatic heterocycles. The minimum Gasteiger partial charge on any atom is -0.323 e. The highest BCUT2D eigenvalue weighted by Gasteiger charge is 2.39. The van der Waals surface area contributed by atoms with Gasteiger partial charge in [-0.15, -0.1) is 0 Å². The molecule has 1 heterocycles. The maximum Gasteiger partial charge on any atom is 0.244 e. The summed E-state index contributed by atoms with van der Waals surface area (Å²) in [6.45, 7) is 2.88. The van der Waals surface area contributed by atoms with Gasteiger partial charge in [0, 0.05) is 0 Å². The number of carbonyl (C=O) groups excluding carboxylic acids is 1. The molecule has 1 saturated heterocycles. The second-order valence-electron chi connectivity index (χ2n) is 4.58. The Morgan fingerprint density at radius 3 is 2.94 bits per heavy atom. The highest BCUT2D eigenvalue weighted by atomic mass is 16.2. The van der Waals surface area contributed by atoms with Crippen molar-refractivity contribution < 1.29 is 4.79 Å². The van der Waals surface area contributed by atoms with Crippen molar-refractivity contribution in [1.82, 2.24) is 5.32 Å². The molecule has 0 aliphatic carbocycles. The van der Waals surface area contributed by atoms with Crippen molar-refractivity contribution in [2.75, 3.05) is 11.9 Å². The summed E-state index contributed by atoms with van der Waals surface area (Å²) in [5, 5.41) is 15.2. The van der Waals surface area contributed by atoms with E-state index >= 15 is 0 Å². The number of amides is 1. The number of anilines is 1. The Morgan fingerprint density at radius 2 is 2.33 bits per heavy atom. The van der Waals surface area contributed by atoms with E-state index in [0.29, 0.717) is 11.3 Å². The van der Waals surface area contributed by atoms with E-state index < -0.39 is 5.54 Å². The Labute approximate surface area is 107 Å². The second kappa shape index (κ2) is 5.19. The average Bonchev–Trinajstić information content (AvgIpc) is 2.89. The summed E-state index contributed by atoms with van der Waals surface area (Å²) in [4.78, 5) is 12.4. The number of nitrogens with zero attached hydrogens (tertiary/aromatic N) is 1. The van der Waals surface area contributed by atoms with Crippen molar-refractivity contribution in [3.63, 3.8) is 0 Å². The van der Waals surface area contributed by atoms with E-state index in [2.05, 4.69) is 16.7 Å². The molecule has 0 spiro atoms. The minimum absolute atomic E-state index is 0.0369. The van der Waals surface area contributed by atoms with Crippen molar-refractivity contribution in [3.05, 3.63) is 29.8 Å². The van der Waals surface area contributed by atoms with Gasteiger partial charge in [0.1, 0.15) is 6.07 Å². The molecular formula is C14H17N3O. The molecule has 94 valence electrons. The van der Waals surface area contributed by atoms with Crippen LogP contribution in [-0.4, -0.2) is 18.0 Å². The van der Waals surface area contributed by atoms with Crippen molar-refractivity contribution in [3.8, 4) is 6.07 Å². The molecule has 0 saturated carbocycles. The molecule has 0 aromatic heterocycles. The van der Waals surface area contributed by atoms with E-state index in [1.165, 1.54) is 0 Å². The summed E-state index contributed by atoms with van der Waals surface area (Å²) in [7, 11) is 0. The zero-order valence-corrected chi connectivity index (χ0v) is 10.5. The summed E-state index contributed by atoms with van der Waals surface area (Å²) in [6.07, 6.45) is 2.62. The monoisotopic (exact) mass is 243 g/mol. The first-order valence-electron chi connectivity index (χ1n) is 6.27. The molecule has 1 atom stereocenters. The summed E-state index contributed by atoms with van der Waals surface area (Å²) >= 11 is 0. The van der Waals surface area contributed by atoms with Gasteiger partial charge in [-0.05, 0) is 37.9 Å². The highest BCUT2D eigenvalue weighted by Crippen LogP contribution is 2.25. The standard InChI is InChI=1S/C14H17N3O/c1-2-14(8-5-9-16-14)13(18)17-12-7-4-3-6-11(12)10-15/h3-4,6-7,16H,2,5,8-9H2,1H3,(H,17,18). The van der Waals surface area contributed by atoms with Crippen molar-refractivity contribution in [1.29, 1.82) is 5.26 Å². The normalized spacial score (nSPS) is 22.4. The van der Waals surface area contributed by atoms with E-state index in [1.807, 2.05) is 13.0 Å². The largest absolute Gasteiger partial charge is 0.323 e. The third-order valence-corrected chi connectivity index (χ3v) is 3.58. The third kappa shape index (κ3) is 2.22. The SMILES string of the molecule is CCC1(C(=O)Nc2ccccc2C#N)CCCN1. The van der Waals surface area contributed by atoms with E-state index in [9.17, 15) is 4.79 Å². The van der Waals surface area contributed by atoms with Crippen LogP contribution in [0.5, 0.6) is 0 Å². The van der Waals surface area contributed by atoms with Gasteiger partial charge in [-0.1, -0.05) is 19.1 Å². The minimum atomic E-state index is -0.470. The van der Waals surface area contributed by atoms with Crippen LogP contribution in [0.1, 0.15) is 31.7 Å². The second-order valence-corrected chi connectivity index (χ2v) is 4.58. The van der Waals surface area contributed by atoms with Crippen LogP contribution in [-0.2, 0) is 4.79 Å². The smallest absolute Gasteiger partial charge is 0.244 e. The molecule has 1 aliphatic rings. The van der Waals surface area contributed by atoms with Crippen molar-refractivity contribution >= 4 is 11.6 Å². The number of carbonyl (C=O) groups is 1. The molecule has 1 aromatic carbocycles. The van der Waals surface area contributed by atoms with Crippen LogP contribution in [0.25, 0.3) is 0 Å². The van der Waals surface area contributed by atoms with Gasteiger partial charge in [-0.3, -0.25) is 4.79 Å². The number of para-hydroxylation sites is 1. The van der Waals surface area contributed by atoms with Gasteiger partial charge in [0.25, 0.3) is 0 Å². The van der Waals surface area contributed by atoms with E-state index in [4.69, 9.17) is 5.26 Å². The maximum absolute atomic E-state index is 12.4. The van der Waals surface area contributed by atoms with Gasteiger partial charge >= 0.3 is 0 Å². The van der Waals surface area contributed by atoms with Crippen LogP contribution in [0.2, 0.25) is 0 Å². The molecule has 2 N–H and O–H groups in total. The molecule has 4 nitrogen and oxygen atoms in total. The molecule has 4 heteroatoms. The Hall–Kier alpha value is -1.86. The first-order chi connectivity index (χ1) is 8.72. The maximum atomic E-state index is 12.4. The van der Waals surface area contributed by atoms with Crippen LogP contribution in [0.15, 0.2) is 24.3 Å². The van der Waals surface area contributed by atoms with Crippen molar-refractivity contribution in [2.45, 2.75) is 31.7 Å². The zero-order valence-electron chi connectivity index (χ0n) is 10.5. The Bertz CT molecular complexity index is 484. The highest BCUT2D eigenvalue weighted by molar-refractivity contribution is 5.99. The Morgan fingerprint density at radius 1 is 1.56 bits per heavy atom. The molecule has 1 unspecified atom stereocenters. The number of hydrogen-bond acceptors (Lipinski definition) is 3. The van der Waals surface area contributed by atoms with Gasteiger partial charge in [-0.25, -0.2) is 0 Å². The number of hydrogen-bond donors (Lipinski definition) is 2. The Kier molecular flexibility index (Phi) is 3.63. The summed E-state index contributed by atoms with van der Waals surface area (Å²) in [5.74, 6) is -0.0369. The van der Waals surface area contributed by atoms with Gasteiger partial charge in [0.15, 0.2) is 0 Å². The van der Waals surface area contributed by atoms with E-state index in [0.717, 1.165) is 25.8 Å². The average molecular weight is 243 g/mol. The number of nitriles is 1. The van der Waals surface area contributed by atoms with Crippen molar-refractivity contribution in [2.24, 2.45) is 0 Å². The van der Waals surface area contributed by atoms with Crippen LogP contribution in [0.4, 0.5) is 5.69 Å². The Balaban J connectivity index is 2.19. The molecule has 1 aromatic rings. The number of rotatable bonds is 3. The number of nitrogens with one attached hydrogen (secondary N) is 2. The van der Waals surface area contributed by atoms with Gasteiger partial charge < -0.3 is 10.6 Å². The molecule has 2 rings (SSSR count). The third-order valence-electron chi connectivity index (χ3n) is 3.58. The lowest BCUT2D eigenvalue weighted by Gasteiger charge is -2.26. The fourth-order valence-corrected chi connectivity index (χ4v) is 2.39. The molecule has 1 amide bonds. The zero-order chi connectivity index (χ0) is 13.0. The molecule has 0 radical (unpaired) electrons. The van der Waals surface area contributed by atoms with Crippen LogP contribution >= 0.6 is 0 Å². The summed E-state index contributed by atoms with van der Waals surface area (Å²) < 4.78 is 0. The molecule has 0 bridgehead atoms. The van der Waals surface area contributed by atoms with Gasteiger partial charge in [0.05, 0.1) is 16.8 Å². The predicted octanol–water partition coefficient (Wildman–Crippen LogP) is 2.03. The van der Waals surface area contributed by atoms with E-state index in [-0.39, 0.29) is 5.91 Å². The fourth-order valence-electron chi connectivity index (χ4n) is 2.39. The summed E-state index contributed by atoms with van der Waals surface area (Å²) in [5.41, 5.74) is 0.615. The van der Waals surface area contributed by atoms with Crippen LogP contribution in [0.3, 0.4) is 0 Å². The topological polar surface area (TPSA) is 64.9 Å². The lowest BCUT2D eigenvalue weighted by molar-refractivity contribution is -0.122.